The van der Waals surface area contributed by atoms with Gasteiger partial charge >= 0.3 is 0 Å². The highest BCUT2D eigenvalue weighted by Crippen LogP contribution is 2.21. The number of hydrogen-bond donors (Lipinski definition) is 2. The molecule has 0 aromatic heterocycles. The molecule has 0 aliphatic carbocycles. The minimum atomic E-state index is -0.804. The zero-order valence-electron chi connectivity index (χ0n) is 11.2. The molecule has 3 nitrogen and oxygen atoms in total. The first-order chi connectivity index (χ1) is 9.97. The molecule has 0 spiro atoms. The van der Waals surface area contributed by atoms with E-state index in [1.54, 1.807) is 0 Å². The van der Waals surface area contributed by atoms with Crippen LogP contribution in [0.15, 0.2) is 40.9 Å². The molecule has 1 amide bonds. The van der Waals surface area contributed by atoms with Crippen molar-refractivity contribution in [1.29, 1.82) is 0 Å². The average Bonchev–Trinajstić information content (AvgIpc) is 2.44. The summed E-state index contributed by atoms with van der Waals surface area (Å²) in [6.45, 7) is 1.80. The van der Waals surface area contributed by atoms with Crippen molar-refractivity contribution in [3.63, 3.8) is 0 Å². The summed E-state index contributed by atoms with van der Waals surface area (Å²) < 4.78 is 27.7. The molecule has 0 fully saturated rings. The second-order valence-electron chi connectivity index (χ2n) is 4.46. The lowest BCUT2D eigenvalue weighted by atomic mass is 10.2. The molecule has 2 N–H and O–H groups in total. The van der Waals surface area contributed by atoms with Gasteiger partial charge in [-0.05, 0) is 36.8 Å². The molecule has 2 aromatic rings. The van der Waals surface area contributed by atoms with Gasteiger partial charge in [0.2, 0.25) is 5.91 Å². The first-order valence-electron chi connectivity index (χ1n) is 6.21. The third-order valence-corrected chi connectivity index (χ3v) is 3.36. The highest BCUT2D eigenvalue weighted by atomic mass is 79.9. The monoisotopic (exact) mass is 354 g/mol. The number of anilines is 2. The summed E-state index contributed by atoms with van der Waals surface area (Å²) in [7, 11) is 0. The predicted molar refractivity (Wildman–Crippen MR) is 82.4 cm³/mol. The summed E-state index contributed by atoms with van der Waals surface area (Å²) in [6.07, 6.45) is 0. The Bertz CT molecular complexity index is 656. The zero-order valence-corrected chi connectivity index (χ0v) is 12.8. The Morgan fingerprint density at radius 2 is 1.86 bits per heavy atom. The molecule has 21 heavy (non-hydrogen) atoms. The second kappa shape index (κ2) is 6.67. The van der Waals surface area contributed by atoms with Crippen LogP contribution in [-0.2, 0) is 4.79 Å². The van der Waals surface area contributed by atoms with Crippen LogP contribution >= 0.6 is 15.9 Å². The van der Waals surface area contributed by atoms with E-state index in [1.807, 2.05) is 25.1 Å². The fraction of sp³-hybridized carbons (Fsp3) is 0.133. The van der Waals surface area contributed by atoms with Gasteiger partial charge in [-0.15, -0.1) is 0 Å². The largest absolute Gasteiger partial charge is 0.376 e. The van der Waals surface area contributed by atoms with Crippen molar-refractivity contribution < 1.29 is 13.6 Å². The minimum Gasteiger partial charge on any atom is -0.376 e. The van der Waals surface area contributed by atoms with Gasteiger partial charge in [-0.3, -0.25) is 4.79 Å². The molecule has 0 aliphatic heterocycles. The average molecular weight is 355 g/mol. The predicted octanol–water partition coefficient (Wildman–Crippen LogP) is 4.09. The lowest BCUT2D eigenvalue weighted by molar-refractivity contribution is -0.114. The first kappa shape index (κ1) is 15.4. The van der Waals surface area contributed by atoms with Gasteiger partial charge in [0.05, 0.1) is 6.54 Å². The third-order valence-electron chi connectivity index (χ3n) is 2.87. The number of para-hydroxylation sites is 1. The van der Waals surface area contributed by atoms with Crippen molar-refractivity contribution in [3.05, 3.63) is 58.1 Å². The van der Waals surface area contributed by atoms with Crippen LogP contribution in [0.2, 0.25) is 0 Å². The van der Waals surface area contributed by atoms with Crippen LogP contribution in [0, 0.1) is 18.6 Å². The van der Waals surface area contributed by atoms with Crippen LogP contribution < -0.4 is 10.6 Å². The lowest BCUT2D eigenvalue weighted by Crippen LogP contribution is -2.23. The van der Waals surface area contributed by atoms with Crippen LogP contribution in [0.25, 0.3) is 0 Å². The minimum absolute atomic E-state index is 0.0922. The highest BCUT2D eigenvalue weighted by molar-refractivity contribution is 9.10. The molecule has 2 aromatic carbocycles. The van der Waals surface area contributed by atoms with Crippen molar-refractivity contribution in [2.45, 2.75) is 6.92 Å². The number of rotatable bonds is 4. The van der Waals surface area contributed by atoms with E-state index in [0.717, 1.165) is 27.9 Å². The highest BCUT2D eigenvalue weighted by Gasteiger charge is 2.11. The maximum Gasteiger partial charge on any atom is 0.243 e. The van der Waals surface area contributed by atoms with Gasteiger partial charge in [-0.25, -0.2) is 8.78 Å². The van der Waals surface area contributed by atoms with E-state index in [0.29, 0.717) is 0 Å². The van der Waals surface area contributed by atoms with Gasteiger partial charge < -0.3 is 10.6 Å². The van der Waals surface area contributed by atoms with E-state index >= 15 is 0 Å². The summed E-state index contributed by atoms with van der Waals surface area (Å²) in [5, 5.41) is 5.15. The number of carbonyl (C=O) groups is 1. The molecule has 0 radical (unpaired) electrons. The smallest absolute Gasteiger partial charge is 0.243 e. The third kappa shape index (κ3) is 4.01. The van der Waals surface area contributed by atoms with Crippen LogP contribution in [0.4, 0.5) is 20.2 Å². The lowest BCUT2D eigenvalue weighted by Gasteiger charge is -2.11. The van der Waals surface area contributed by atoms with Crippen LogP contribution in [-0.4, -0.2) is 12.5 Å². The van der Waals surface area contributed by atoms with Gasteiger partial charge in [0.15, 0.2) is 0 Å². The van der Waals surface area contributed by atoms with E-state index in [9.17, 15) is 13.6 Å². The molecule has 0 heterocycles. The summed E-state index contributed by atoms with van der Waals surface area (Å²) >= 11 is 3.34. The Kier molecular flexibility index (Phi) is 4.90. The topological polar surface area (TPSA) is 41.1 Å². The van der Waals surface area contributed by atoms with Crippen molar-refractivity contribution >= 4 is 33.2 Å². The number of benzene rings is 2. The van der Waals surface area contributed by atoms with E-state index in [2.05, 4.69) is 26.6 Å². The van der Waals surface area contributed by atoms with E-state index < -0.39 is 23.2 Å². The van der Waals surface area contributed by atoms with Crippen molar-refractivity contribution in [3.8, 4) is 0 Å². The molecule has 0 aliphatic rings. The van der Waals surface area contributed by atoms with E-state index in [1.165, 1.54) is 6.07 Å². The molecule has 0 saturated carbocycles. The maximum absolute atomic E-state index is 13.4. The second-order valence-corrected chi connectivity index (χ2v) is 5.37. The number of amides is 1. The Morgan fingerprint density at radius 1 is 1.19 bits per heavy atom. The summed E-state index contributed by atoms with van der Waals surface area (Å²) in [5.41, 5.74) is 1.30. The molecule has 110 valence electrons. The van der Waals surface area contributed by atoms with Crippen molar-refractivity contribution in [1.82, 2.24) is 0 Å². The van der Waals surface area contributed by atoms with Gasteiger partial charge in [0.1, 0.15) is 17.3 Å². The molecule has 2 rings (SSSR count). The zero-order chi connectivity index (χ0) is 15.4. The van der Waals surface area contributed by atoms with Gasteiger partial charge in [0.25, 0.3) is 0 Å². The maximum atomic E-state index is 13.4. The summed E-state index contributed by atoms with van der Waals surface area (Å²) in [4.78, 5) is 11.8. The van der Waals surface area contributed by atoms with Gasteiger partial charge in [-0.2, -0.15) is 0 Å². The first-order valence-corrected chi connectivity index (χ1v) is 7.00. The number of halogens is 3. The van der Waals surface area contributed by atoms with E-state index in [-0.39, 0.29) is 6.54 Å². The van der Waals surface area contributed by atoms with Crippen LogP contribution in [0.3, 0.4) is 0 Å². The van der Waals surface area contributed by atoms with Crippen molar-refractivity contribution in [2.24, 2.45) is 0 Å². The van der Waals surface area contributed by atoms with Gasteiger partial charge in [0, 0.05) is 10.2 Å². The SMILES string of the molecule is Cc1ccc(Br)cc1NCC(=O)Nc1c(F)cccc1F. The number of carbonyl (C=O) groups excluding carboxylic acids is 1. The van der Waals surface area contributed by atoms with Gasteiger partial charge in [-0.1, -0.05) is 28.1 Å². The molecular weight excluding hydrogens is 342 g/mol. The van der Waals surface area contributed by atoms with Crippen LogP contribution in [0.5, 0.6) is 0 Å². The molecule has 0 unspecified atom stereocenters. The summed E-state index contributed by atoms with van der Waals surface area (Å²) in [6, 6.07) is 9.01. The number of hydrogen-bond acceptors (Lipinski definition) is 2. The van der Waals surface area contributed by atoms with E-state index in [4.69, 9.17) is 0 Å². The Balaban J connectivity index is 2.01. The fourth-order valence-corrected chi connectivity index (χ4v) is 2.12. The standard InChI is InChI=1S/C15H13BrF2N2O/c1-9-5-6-10(16)7-13(9)19-8-14(21)20-15-11(17)3-2-4-12(15)18/h2-7,19H,8H2,1H3,(H,20,21). The Morgan fingerprint density at radius 3 is 2.52 bits per heavy atom. The molecule has 6 heteroatoms. The molecule has 0 saturated heterocycles. The fourth-order valence-electron chi connectivity index (χ4n) is 1.76. The summed E-state index contributed by atoms with van der Waals surface area (Å²) in [5.74, 6) is -2.14. The normalized spacial score (nSPS) is 10.3. The van der Waals surface area contributed by atoms with Crippen molar-refractivity contribution in [2.75, 3.05) is 17.2 Å². The Labute approximate surface area is 129 Å². The molecule has 0 atom stereocenters. The Hall–Kier alpha value is -1.95. The number of aryl methyl sites for hydroxylation is 1. The molecular formula is C15H13BrF2N2O. The molecule has 0 bridgehead atoms. The number of nitrogens with one attached hydrogen (secondary N) is 2. The quantitative estimate of drug-likeness (QED) is 0.868. The van der Waals surface area contributed by atoms with Crippen LogP contribution in [0.1, 0.15) is 5.56 Å².